The van der Waals surface area contributed by atoms with Crippen LogP contribution in [0.2, 0.25) is 0 Å². The number of carbonyl (C=O) groups excluding carboxylic acids is 1. The Morgan fingerprint density at radius 1 is 1.19 bits per heavy atom. The molecular formula is C20H31N3O4. The zero-order chi connectivity index (χ0) is 20.1. The van der Waals surface area contributed by atoms with E-state index in [0.717, 1.165) is 36.4 Å². The molecule has 1 aliphatic rings. The minimum Gasteiger partial charge on any atom is -0.442 e. The van der Waals surface area contributed by atoms with Gasteiger partial charge in [0.15, 0.2) is 0 Å². The van der Waals surface area contributed by atoms with Gasteiger partial charge in [-0.2, -0.15) is 5.48 Å². The molecule has 1 aromatic rings. The molecule has 2 rings (SSSR count). The fourth-order valence-corrected chi connectivity index (χ4v) is 2.61. The molecule has 0 spiro atoms. The number of oxime groups is 1. The zero-order valence-electron chi connectivity index (χ0n) is 17.2. The number of ether oxygens (including phenoxy) is 1. The normalized spacial score (nSPS) is 16.0. The van der Waals surface area contributed by atoms with E-state index in [1.807, 2.05) is 26.8 Å². The van der Waals surface area contributed by atoms with Crippen LogP contribution in [0.5, 0.6) is 0 Å². The first-order valence-electron chi connectivity index (χ1n) is 9.32. The summed E-state index contributed by atoms with van der Waals surface area (Å²) in [6.07, 6.45) is 2.32. The van der Waals surface area contributed by atoms with Crippen LogP contribution in [0.4, 0.5) is 4.79 Å². The van der Waals surface area contributed by atoms with Gasteiger partial charge in [0.1, 0.15) is 17.9 Å². The van der Waals surface area contributed by atoms with Crippen LogP contribution in [0.25, 0.3) is 0 Å². The van der Waals surface area contributed by atoms with Crippen LogP contribution in [0.15, 0.2) is 17.3 Å². The van der Waals surface area contributed by atoms with Gasteiger partial charge in [-0.25, -0.2) is 4.79 Å². The molecule has 0 radical (unpaired) electrons. The molecule has 0 aliphatic heterocycles. The van der Waals surface area contributed by atoms with E-state index < -0.39 is 11.7 Å². The summed E-state index contributed by atoms with van der Waals surface area (Å²) in [5, 5.41) is 4.33. The fraction of sp³-hybridized carbons (Fsp3) is 0.650. The highest BCUT2D eigenvalue weighted by atomic mass is 16.7. The fourth-order valence-electron chi connectivity index (χ4n) is 2.61. The van der Waals surface area contributed by atoms with Crippen molar-refractivity contribution >= 4 is 11.8 Å². The summed E-state index contributed by atoms with van der Waals surface area (Å²) in [5.74, 6) is 0. The number of rotatable bonds is 6. The van der Waals surface area contributed by atoms with E-state index in [9.17, 15) is 4.79 Å². The first kappa shape index (κ1) is 21.2. The number of nitrogens with zero attached hydrogens (tertiary/aromatic N) is 2. The second-order valence-corrected chi connectivity index (χ2v) is 8.68. The molecule has 7 nitrogen and oxygen atoms in total. The summed E-state index contributed by atoms with van der Waals surface area (Å²) in [6.45, 7) is 11.9. The van der Waals surface area contributed by atoms with Crippen LogP contribution in [-0.2, 0) is 20.8 Å². The van der Waals surface area contributed by atoms with Crippen molar-refractivity contribution in [3.05, 3.63) is 29.1 Å². The third kappa shape index (κ3) is 7.17. The lowest BCUT2D eigenvalue weighted by Gasteiger charge is -2.24. The molecule has 1 amide bonds. The Morgan fingerprint density at radius 3 is 2.63 bits per heavy atom. The Kier molecular flexibility index (Phi) is 6.81. The number of hydrogen-bond donors (Lipinski definition) is 1. The van der Waals surface area contributed by atoms with Crippen molar-refractivity contribution in [2.24, 2.45) is 10.6 Å². The van der Waals surface area contributed by atoms with Gasteiger partial charge >= 0.3 is 6.09 Å². The molecule has 0 saturated carbocycles. The van der Waals surface area contributed by atoms with Crippen LogP contribution in [0.1, 0.15) is 64.4 Å². The van der Waals surface area contributed by atoms with Gasteiger partial charge in [-0.15, -0.1) is 0 Å². The van der Waals surface area contributed by atoms with E-state index in [0.29, 0.717) is 6.61 Å². The molecule has 0 atom stereocenters. The smallest absolute Gasteiger partial charge is 0.431 e. The van der Waals surface area contributed by atoms with Gasteiger partial charge in [-0.05, 0) is 58.6 Å². The van der Waals surface area contributed by atoms with E-state index in [4.69, 9.17) is 14.4 Å². The molecule has 1 aromatic heterocycles. The number of hydroxylamine groups is 1. The first-order chi connectivity index (χ1) is 12.6. The summed E-state index contributed by atoms with van der Waals surface area (Å²) < 4.78 is 5.12. The van der Waals surface area contributed by atoms with Gasteiger partial charge in [0, 0.05) is 11.1 Å². The number of hydrogen-bond acceptors (Lipinski definition) is 6. The van der Waals surface area contributed by atoms with Crippen LogP contribution >= 0.6 is 0 Å². The average Bonchev–Trinajstić information content (AvgIpc) is 2.53. The molecule has 1 aliphatic carbocycles. The van der Waals surface area contributed by atoms with Crippen molar-refractivity contribution in [1.29, 1.82) is 0 Å². The van der Waals surface area contributed by atoms with E-state index in [1.54, 1.807) is 20.8 Å². The maximum absolute atomic E-state index is 11.6. The van der Waals surface area contributed by atoms with Crippen LogP contribution < -0.4 is 5.48 Å². The lowest BCUT2D eigenvalue weighted by atomic mass is 9.94. The number of pyridine rings is 1. The predicted octanol–water partition coefficient (Wildman–Crippen LogP) is 3.93. The van der Waals surface area contributed by atoms with E-state index >= 15 is 0 Å². The van der Waals surface area contributed by atoms with Gasteiger partial charge < -0.3 is 9.57 Å². The van der Waals surface area contributed by atoms with Crippen molar-refractivity contribution in [2.75, 3.05) is 13.2 Å². The van der Waals surface area contributed by atoms with Crippen LogP contribution in [-0.4, -0.2) is 35.6 Å². The highest BCUT2D eigenvalue weighted by Gasteiger charge is 2.23. The Bertz CT molecular complexity index is 693. The minimum atomic E-state index is -0.611. The number of carbonyl (C=O) groups is 1. The monoisotopic (exact) mass is 377 g/mol. The highest BCUT2D eigenvalue weighted by Crippen LogP contribution is 2.22. The molecule has 1 N–H and O–H groups in total. The third-order valence-corrected chi connectivity index (χ3v) is 3.90. The lowest BCUT2D eigenvalue weighted by Crippen LogP contribution is -2.36. The topological polar surface area (TPSA) is 82.0 Å². The Balaban J connectivity index is 1.83. The van der Waals surface area contributed by atoms with Crippen molar-refractivity contribution in [1.82, 2.24) is 10.5 Å². The number of aromatic nitrogens is 1. The summed E-state index contributed by atoms with van der Waals surface area (Å²) in [7, 11) is 0. The van der Waals surface area contributed by atoms with Crippen molar-refractivity contribution in [3.63, 3.8) is 0 Å². The maximum atomic E-state index is 11.6. The summed E-state index contributed by atoms with van der Waals surface area (Å²) in [5.41, 5.74) is 5.43. The van der Waals surface area contributed by atoms with E-state index in [-0.39, 0.29) is 12.0 Å². The Labute approximate surface area is 161 Å². The highest BCUT2D eigenvalue weighted by molar-refractivity contribution is 6.00. The molecule has 0 saturated heterocycles. The molecule has 7 heteroatoms. The number of aryl methyl sites for hydroxylation is 2. The standard InChI is InChI=1S/C20H31N3O4/c1-14-10-11-15-8-7-9-16(17(15)21-14)22-25-12-20(5,6)13-26-23-18(24)27-19(2,3)4/h10-11H,7-9,12-13H2,1-6H3,(H,23,24). The van der Waals surface area contributed by atoms with Crippen molar-refractivity contribution in [3.8, 4) is 0 Å². The molecule has 150 valence electrons. The zero-order valence-corrected chi connectivity index (χ0v) is 17.2. The number of fused-ring (bicyclic) bond motifs is 1. The molecule has 1 heterocycles. The predicted molar refractivity (Wildman–Crippen MR) is 104 cm³/mol. The van der Waals surface area contributed by atoms with Gasteiger partial charge in [0.25, 0.3) is 0 Å². The van der Waals surface area contributed by atoms with E-state index in [2.05, 4.69) is 21.7 Å². The summed E-state index contributed by atoms with van der Waals surface area (Å²) >= 11 is 0. The Morgan fingerprint density at radius 2 is 1.93 bits per heavy atom. The van der Waals surface area contributed by atoms with Crippen molar-refractivity contribution < 1.29 is 19.2 Å². The molecule has 0 aromatic carbocycles. The van der Waals surface area contributed by atoms with Gasteiger partial charge in [0.05, 0.1) is 12.3 Å². The number of amides is 1. The molecule has 0 bridgehead atoms. The summed E-state index contributed by atoms with van der Waals surface area (Å²) in [6, 6.07) is 4.15. The summed E-state index contributed by atoms with van der Waals surface area (Å²) in [4.78, 5) is 27.1. The maximum Gasteiger partial charge on any atom is 0.431 e. The van der Waals surface area contributed by atoms with Crippen LogP contribution in [0, 0.1) is 12.3 Å². The largest absolute Gasteiger partial charge is 0.442 e. The van der Waals surface area contributed by atoms with Crippen LogP contribution in [0.3, 0.4) is 0 Å². The van der Waals surface area contributed by atoms with Gasteiger partial charge in [-0.1, -0.05) is 25.1 Å². The SMILES string of the molecule is Cc1ccc2c(n1)C(=NOCC(C)(C)CONC(=O)OC(C)(C)C)CCC2. The lowest BCUT2D eigenvalue weighted by molar-refractivity contribution is -0.0513. The van der Waals surface area contributed by atoms with E-state index in [1.165, 1.54) is 5.56 Å². The first-order valence-corrected chi connectivity index (χ1v) is 9.32. The van der Waals surface area contributed by atoms with Gasteiger partial charge in [0.2, 0.25) is 0 Å². The molecule has 27 heavy (non-hydrogen) atoms. The second kappa shape index (κ2) is 8.69. The second-order valence-electron chi connectivity index (χ2n) is 8.68. The molecule has 0 unspecified atom stereocenters. The van der Waals surface area contributed by atoms with Crippen molar-refractivity contribution in [2.45, 2.75) is 66.4 Å². The number of nitrogens with one attached hydrogen (secondary N) is 1. The third-order valence-electron chi connectivity index (χ3n) is 3.90. The minimum absolute atomic E-state index is 0.269. The Hall–Kier alpha value is -2.15. The quantitative estimate of drug-likeness (QED) is 0.760. The molecule has 0 fully saturated rings. The van der Waals surface area contributed by atoms with Gasteiger partial charge in [-0.3, -0.25) is 9.82 Å². The average molecular weight is 377 g/mol. The molecular weight excluding hydrogens is 346 g/mol.